The normalized spacial score (nSPS) is 31.1. The molecule has 1 aliphatic rings. The highest BCUT2D eigenvalue weighted by Crippen LogP contribution is 2.38. The van der Waals surface area contributed by atoms with Crippen LogP contribution in [0.15, 0.2) is 48.5 Å². The molecule has 2 aromatic rings. The number of benzene rings is 2. The van der Waals surface area contributed by atoms with Gasteiger partial charge in [0.05, 0.1) is 5.60 Å². The summed E-state index contributed by atoms with van der Waals surface area (Å²) in [5, 5.41) is 13.0. The SMILES string of the molecule is C[C@H]1[C@H](c2ccc(F)cc2)[NH2+][C@H](c2ccc(F)cc2)C[C@@]1(C)O. The van der Waals surface area contributed by atoms with Crippen LogP contribution >= 0.6 is 0 Å². The van der Waals surface area contributed by atoms with Gasteiger partial charge in [0.2, 0.25) is 0 Å². The summed E-state index contributed by atoms with van der Waals surface area (Å²) in [6, 6.07) is 12.9. The second kappa shape index (κ2) is 6.02. The molecule has 0 spiro atoms. The predicted octanol–water partition coefficient (Wildman–Crippen LogP) is 3.10. The van der Waals surface area contributed by atoms with E-state index in [1.54, 1.807) is 24.3 Å². The summed E-state index contributed by atoms with van der Waals surface area (Å²) in [5.74, 6) is -0.511. The van der Waals surface area contributed by atoms with Gasteiger partial charge in [-0.05, 0) is 31.2 Å². The van der Waals surface area contributed by atoms with Crippen molar-refractivity contribution in [2.24, 2.45) is 5.92 Å². The number of aliphatic hydroxyl groups is 1. The van der Waals surface area contributed by atoms with E-state index in [9.17, 15) is 13.9 Å². The Bertz CT molecular complexity index is 667. The number of halogens is 2. The Labute approximate surface area is 135 Å². The molecule has 0 unspecified atom stereocenters. The molecule has 0 saturated carbocycles. The molecule has 2 aromatic carbocycles. The van der Waals surface area contributed by atoms with Crippen LogP contribution in [0.5, 0.6) is 0 Å². The minimum Gasteiger partial charge on any atom is -0.389 e. The fourth-order valence-electron chi connectivity index (χ4n) is 3.53. The van der Waals surface area contributed by atoms with E-state index in [1.165, 1.54) is 24.3 Å². The largest absolute Gasteiger partial charge is 0.389 e. The van der Waals surface area contributed by atoms with Crippen molar-refractivity contribution in [2.45, 2.75) is 38.0 Å². The third kappa shape index (κ3) is 3.28. The third-order valence-corrected chi connectivity index (χ3v) is 5.15. The lowest BCUT2D eigenvalue weighted by Gasteiger charge is -2.43. The van der Waals surface area contributed by atoms with Crippen LogP contribution in [0.3, 0.4) is 0 Å². The van der Waals surface area contributed by atoms with Crippen LogP contribution < -0.4 is 5.32 Å². The molecule has 3 rings (SSSR count). The molecule has 4 atom stereocenters. The van der Waals surface area contributed by atoms with Crippen molar-refractivity contribution in [3.05, 3.63) is 71.3 Å². The van der Waals surface area contributed by atoms with E-state index in [0.29, 0.717) is 6.42 Å². The van der Waals surface area contributed by atoms with Crippen LogP contribution in [-0.4, -0.2) is 10.7 Å². The molecule has 1 aliphatic heterocycles. The number of nitrogens with two attached hydrogens (primary N) is 1. The molecule has 0 aliphatic carbocycles. The Morgan fingerprint density at radius 3 is 1.96 bits per heavy atom. The molecular weight excluding hydrogens is 296 g/mol. The van der Waals surface area contributed by atoms with E-state index in [-0.39, 0.29) is 29.6 Å². The Balaban J connectivity index is 1.92. The quantitative estimate of drug-likeness (QED) is 0.877. The van der Waals surface area contributed by atoms with Gasteiger partial charge >= 0.3 is 0 Å². The van der Waals surface area contributed by atoms with E-state index >= 15 is 0 Å². The van der Waals surface area contributed by atoms with Crippen LogP contribution in [-0.2, 0) is 0 Å². The van der Waals surface area contributed by atoms with Gasteiger partial charge in [0, 0.05) is 23.5 Å². The van der Waals surface area contributed by atoms with Gasteiger partial charge < -0.3 is 10.4 Å². The topological polar surface area (TPSA) is 36.8 Å². The number of hydrogen-bond donors (Lipinski definition) is 2. The molecule has 0 radical (unpaired) electrons. The highest BCUT2D eigenvalue weighted by Gasteiger charge is 2.46. The lowest BCUT2D eigenvalue weighted by Crippen LogP contribution is -2.91. The number of hydrogen-bond acceptors (Lipinski definition) is 1. The zero-order valence-electron chi connectivity index (χ0n) is 13.3. The first kappa shape index (κ1) is 16.1. The maximum atomic E-state index is 13.2. The first-order valence-corrected chi connectivity index (χ1v) is 7.95. The average Bonchev–Trinajstić information content (AvgIpc) is 2.51. The molecule has 3 N–H and O–H groups in total. The van der Waals surface area contributed by atoms with Crippen molar-refractivity contribution in [1.29, 1.82) is 0 Å². The van der Waals surface area contributed by atoms with Crippen molar-refractivity contribution in [3.8, 4) is 0 Å². The summed E-state index contributed by atoms with van der Waals surface area (Å²) in [5.41, 5.74) is 1.14. The van der Waals surface area contributed by atoms with Crippen molar-refractivity contribution in [2.75, 3.05) is 0 Å². The molecule has 23 heavy (non-hydrogen) atoms. The third-order valence-electron chi connectivity index (χ3n) is 5.15. The molecule has 0 bridgehead atoms. The minimum atomic E-state index is -0.840. The highest BCUT2D eigenvalue weighted by molar-refractivity contribution is 5.23. The van der Waals surface area contributed by atoms with E-state index < -0.39 is 5.60 Å². The van der Waals surface area contributed by atoms with Crippen LogP contribution in [0.4, 0.5) is 8.78 Å². The zero-order valence-corrected chi connectivity index (χ0v) is 13.3. The molecule has 122 valence electrons. The summed E-state index contributed by atoms with van der Waals surface area (Å²) in [7, 11) is 0. The summed E-state index contributed by atoms with van der Waals surface area (Å²) in [6.45, 7) is 3.86. The smallest absolute Gasteiger partial charge is 0.123 e. The monoisotopic (exact) mass is 318 g/mol. The Morgan fingerprint density at radius 2 is 1.43 bits per heavy atom. The maximum absolute atomic E-state index is 13.2. The lowest BCUT2D eigenvalue weighted by atomic mass is 9.73. The van der Waals surface area contributed by atoms with Gasteiger partial charge in [0.15, 0.2) is 0 Å². The standard InChI is InChI=1S/C19H21F2NO/c1-12-18(14-5-9-16(21)10-6-14)22-17(11-19(12,2)23)13-3-7-15(20)8-4-13/h3-10,12,17-18,22-23H,11H2,1-2H3/p+1/t12-,17-,18+,19+/m0/s1. The second-order valence-electron chi connectivity index (χ2n) is 6.78. The van der Waals surface area contributed by atoms with Crippen molar-refractivity contribution >= 4 is 0 Å². The highest BCUT2D eigenvalue weighted by atomic mass is 19.1. The Kier molecular flexibility index (Phi) is 4.21. The molecular formula is C19H22F2NO+. The molecule has 1 heterocycles. The molecule has 2 nitrogen and oxygen atoms in total. The summed E-state index contributed by atoms with van der Waals surface area (Å²) < 4.78 is 26.3. The van der Waals surface area contributed by atoms with Gasteiger partial charge in [-0.1, -0.05) is 31.2 Å². The van der Waals surface area contributed by atoms with Gasteiger partial charge in [-0.25, -0.2) is 8.78 Å². The maximum Gasteiger partial charge on any atom is 0.123 e. The number of quaternary nitrogens is 1. The first-order chi connectivity index (χ1) is 10.9. The summed E-state index contributed by atoms with van der Waals surface area (Å²) in [4.78, 5) is 0. The van der Waals surface area contributed by atoms with Crippen molar-refractivity contribution in [3.63, 3.8) is 0 Å². The van der Waals surface area contributed by atoms with Crippen molar-refractivity contribution in [1.82, 2.24) is 0 Å². The van der Waals surface area contributed by atoms with Crippen LogP contribution in [0.2, 0.25) is 0 Å². The molecule has 1 saturated heterocycles. The van der Waals surface area contributed by atoms with Crippen LogP contribution in [0, 0.1) is 17.6 Å². The van der Waals surface area contributed by atoms with Gasteiger partial charge in [0.1, 0.15) is 23.7 Å². The van der Waals surface area contributed by atoms with Gasteiger partial charge in [-0.3, -0.25) is 0 Å². The van der Waals surface area contributed by atoms with E-state index in [2.05, 4.69) is 5.32 Å². The van der Waals surface area contributed by atoms with Gasteiger partial charge in [-0.15, -0.1) is 0 Å². The Hall–Kier alpha value is -1.78. The fourth-order valence-corrected chi connectivity index (χ4v) is 3.53. The molecule has 4 heteroatoms. The molecule has 0 aromatic heterocycles. The van der Waals surface area contributed by atoms with Gasteiger partial charge in [0.25, 0.3) is 0 Å². The molecule has 0 amide bonds. The molecule has 1 fully saturated rings. The second-order valence-corrected chi connectivity index (χ2v) is 6.78. The number of rotatable bonds is 2. The van der Waals surface area contributed by atoms with Crippen LogP contribution in [0.1, 0.15) is 43.5 Å². The first-order valence-electron chi connectivity index (χ1n) is 7.95. The van der Waals surface area contributed by atoms with Crippen LogP contribution in [0.25, 0.3) is 0 Å². The predicted molar refractivity (Wildman–Crippen MR) is 84.6 cm³/mol. The Morgan fingerprint density at radius 1 is 0.957 bits per heavy atom. The zero-order chi connectivity index (χ0) is 16.6. The average molecular weight is 318 g/mol. The fraction of sp³-hybridized carbons (Fsp3) is 0.368. The lowest BCUT2D eigenvalue weighted by molar-refractivity contribution is -0.756. The number of piperidine rings is 1. The van der Waals surface area contributed by atoms with Gasteiger partial charge in [-0.2, -0.15) is 0 Å². The summed E-state index contributed by atoms with van der Waals surface area (Å²) >= 11 is 0. The summed E-state index contributed by atoms with van der Waals surface area (Å²) in [6.07, 6.45) is 0.595. The van der Waals surface area contributed by atoms with E-state index in [0.717, 1.165) is 11.1 Å². The van der Waals surface area contributed by atoms with E-state index in [4.69, 9.17) is 0 Å². The van der Waals surface area contributed by atoms with E-state index in [1.807, 2.05) is 13.8 Å². The van der Waals surface area contributed by atoms with Crippen molar-refractivity contribution < 1.29 is 19.2 Å². The minimum absolute atomic E-state index is 0.0182.